The van der Waals surface area contributed by atoms with Crippen molar-refractivity contribution in [2.24, 2.45) is 16.3 Å². The minimum Gasteiger partial charge on any atom is -0.409 e. The predicted molar refractivity (Wildman–Crippen MR) is 79.1 cm³/mol. The standard InChI is InChI=1S/C15H22N4O/c16-14(18-20)12-3-8-17-11-13(12)19-9-6-15(7-10-19)4-1-2-5-15/h3,8,11,20H,1-2,4-7,9-10H2,(H2,16,18). The van der Waals surface area contributed by atoms with Gasteiger partial charge in [-0.2, -0.15) is 0 Å². The van der Waals surface area contributed by atoms with Crippen molar-refractivity contribution < 1.29 is 5.21 Å². The van der Waals surface area contributed by atoms with Crippen molar-refractivity contribution in [2.75, 3.05) is 18.0 Å². The molecule has 0 bridgehead atoms. The Bertz CT molecular complexity index is 498. The van der Waals surface area contributed by atoms with Crippen molar-refractivity contribution in [1.29, 1.82) is 0 Å². The summed E-state index contributed by atoms with van der Waals surface area (Å²) in [6.07, 6.45) is 11.6. The molecule has 0 radical (unpaired) electrons. The number of oxime groups is 1. The first kappa shape index (κ1) is 13.2. The number of pyridine rings is 1. The fourth-order valence-electron chi connectivity index (χ4n) is 3.76. The number of piperidine rings is 1. The molecule has 108 valence electrons. The first-order valence-corrected chi connectivity index (χ1v) is 7.41. The van der Waals surface area contributed by atoms with Crippen molar-refractivity contribution in [3.8, 4) is 0 Å². The lowest BCUT2D eigenvalue weighted by Crippen LogP contribution is -2.39. The molecule has 0 atom stereocenters. The second-order valence-corrected chi connectivity index (χ2v) is 6.07. The molecule has 1 aliphatic carbocycles. The molecule has 1 aliphatic heterocycles. The van der Waals surface area contributed by atoms with E-state index in [-0.39, 0.29) is 5.84 Å². The van der Waals surface area contributed by atoms with Crippen molar-refractivity contribution in [2.45, 2.75) is 38.5 Å². The number of aromatic nitrogens is 1. The molecule has 2 fully saturated rings. The van der Waals surface area contributed by atoms with E-state index in [0.29, 0.717) is 5.41 Å². The highest BCUT2D eigenvalue weighted by Crippen LogP contribution is 2.46. The second-order valence-electron chi connectivity index (χ2n) is 6.07. The Morgan fingerprint density at radius 3 is 2.60 bits per heavy atom. The van der Waals surface area contributed by atoms with E-state index in [1.54, 1.807) is 6.20 Å². The highest BCUT2D eigenvalue weighted by molar-refractivity contribution is 6.02. The molecule has 1 saturated carbocycles. The van der Waals surface area contributed by atoms with Gasteiger partial charge in [0.2, 0.25) is 0 Å². The third-order valence-electron chi connectivity index (χ3n) is 5.01. The summed E-state index contributed by atoms with van der Waals surface area (Å²) in [6.45, 7) is 2.08. The van der Waals surface area contributed by atoms with Crippen LogP contribution in [0, 0.1) is 5.41 Å². The zero-order chi connectivity index (χ0) is 14.0. The van der Waals surface area contributed by atoms with Crippen molar-refractivity contribution in [3.05, 3.63) is 24.0 Å². The lowest BCUT2D eigenvalue weighted by molar-refractivity contribution is 0.226. The van der Waals surface area contributed by atoms with Crippen LogP contribution in [0.1, 0.15) is 44.1 Å². The second kappa shape index (κ2) is 5.31. The van der Waals surface area contributed by atoms with Gasteiger partial charge in [-0.1, -0.05) is 18.0 Å². The maximum Gasteiger partial charge on any atom is 0.172 e. The molecule has 1 saturated heterocycles. The Balaban J connectivity index is 1.78. The number of anilines is 1. The molecule has 1 spiro atoms. The van der Waals surface area contributed by atoms with Crippen LogP contribution in [-0.4, -0.2) is 29.1 Å². The van der Waals surface area contributed by atoms with E-state index in [1.165, 1.54) is 38.5 Å². The summed E-state index contributed by atoms with van der Waals surface area (Å²) in [7, 11) is 0. The Labute approximate surface area is 119 Å². The Kier molecular flexibility index (Phi) is 3.51. The zero-order valence-electron chi connectivity index (χ0n) is 11.8. The van der Waals surface area contributed by atoms with Crippen molar-refractivity contribution in [1.82, 2.24) is 4.98 Å². The van der Waals surface area contributed by atoms with Gasteiger partial charge in [0.05, 0.1) is 11.9 Å². The Hall–Kier alpha value is -1.78. The summed E-state index contributed by atoms with van der Waals surface area (Å²) in [6, 6.07) is 1.81. The van der Waals surface area contributed by atoms with E-state index < -0.39 is 0 Å². The Morgan fingerprint density at radius 1 is 1.25 bits per heavy atom. The van der Waals surface area contributed by atoms with Crippen LogP contribution in [0.25, 0.3) is 0 Å². The van der Waals surface area contributed by atoms with Gasteiger partial charge >= 0.3 is 0 Å². The fourth-order valence-corrected chi connectivity index (χ4v) is 3.76. The lowest BCUT2D eigenvalue weighted by Gasteiger charge is -2.40. The molecule has 5 heteroatoms. The molecule has 3 rings (SSSR count). The maximum absolute atomic E-state index is 8.90. The Morgan fingerprint density at radius 2 is 1.95 bits per heavy atom. The number of rotatable bonds is 2. The molecule has 0 unspecified atom stereocenters. The number of nitrogens with zero attached hydrogens (tertiary/aromatic N) is 3. The molecular formula is C15H22N4O. The highest BCUT2D eigenvalue weighted by Gasteiger charge is 2.37. The summed E-state index contributed by atoms with van der Waals surface area (Å²) in [5.74, 6) is 0.156. The van der Waals surface area contributed by atoms with E-state index in [1.807, 2.05) is 12.3 Å². The van der Waals surface area contributed by atoms with E-state index in [9.17, 15) is 0 Å². The van der Waals surface area contributed by atoms with Crippen LogP contribution in [0.2, 0.25) is 0 Å². The lowest BCUT2D eigenvalue weighted by atomic mass is 9.77. The van der Waals surface area contributed by atoms with Gasteiger partial charge in [0.1, 0.15) is 0 Å². The molecule has 20 heavy (non-hydrogen) atoms. The van der Waals surface area contributed by atoms with Gasteiger partial charge in [0, 0.05) is 24.8 Å². The summed E-state index contributed by atoms with van der Waals surface area (Å²) < 4.78 is 0. The molecule has 5 nitrogen and oxygen atoms in total. The van der Waals surface area contributed by atoms with Gasteiger partial charge in [-0.05, 0) is 37.2 Å². The fraction of sp³-hybridized carbons (Fsp3) is 0.600. The van der Waals surface area contributed by atoms with E-state index >= 15 is 0 Å². The van der Waals surface area contributed by atoms with Gasteiger partial charge < -0.3 is 15.8 Å². The zero-order valence-corrected chi connectivity index (χ0v) is 11.8. The molecule has 0 aromatic carbocycles. The molecular weight excluding hydrogens is 252 g/mol. The van der Waals surface area contributed by atoms with Crippen LogP contribution in [0.3, 0.4) is 0 Å². The van der Waals surface area contributed by atoms with Crippen molar-refractivity contribution >= 4 is 11.5 Å². The minimum atomic E-state index is 0.156. The molecule has 1 aromatic rings. The molecule has 0 amide bonds. The van der Waals surface area contributed by atoms with Gasteiger partial charge in [-0.3, -0.25) is 4.98 Å². The monoisotopic (exact) mass is 274 g/mol. The van der Waals surface area contributed by atoms with Crippen LogP contribution in [0.5, 0.6) is 0 Å². The molecule has 3 N–H and O–H groups in total. The molecule has 1 aromatic heterocycles. The number of nitrogens with two attached hydrogens (primary N) is 1. The normalized spacial score (nSPS) is 22.4. The molecule has 2 aliphatic rings. The van der Waals surface area contributed by atoms with E-state index in [2.05, 4.69) is 15.0 Å². The third kappa shape index (κ3) is 2.32. The maximum atomic E-state index is 8.90. The SMILES string of the molecule is N/C(=N/O)c1ccncc1N1CCC2(CCCC2)CC1. The van der Waals surface area contributed by atoms with Crippen LogP contribution >= 0.6 is 0 Å². The summed E-state index contributed by atoms with van der Waals surface area (Å²) in [5, 5.41) is 12.0. The van der Waals surface area contributed by atoms with Crippen LogP contribution in [0.4, 0.5) is 5.69 Å². The van der Waals surface area contributed by atoms with Crippen molar-refractivity contribution in [3.63, 3.8) is 0 Å². The number of hydrogen-bond acceptors (Lipinski definition) is 4. The minimum absolute atomic E-state index is 0.156. The largest absolute Gasteiger partial charge is 0.409 e. The van der Waals surface area contributed by atoms with Gasteiger partial charge in [0.15, 0.2) is 5.84 Å². The van der Waals surface area contributed by atoms with Crippen LogP contribution < -0.4 is 10.6 Å². The average Bonchev–Trinajstić information content (AvgIpc) is 2.95. The van der Waals surface area contributed by atoms with Crippen LogP contribution in [-0.2, 0) is 0 Å². The summed E-state index contributed by atoms with van der Waals surface area (Å²) in [4.78, 5) is 6.52. The quantitative estimate of drug-likeness (QED) is 0.376. The first-order chi connectivity index (χ1) is 9.74. The number of amidine groups is 1. The highest BCUT2D eigenvalue weighted by atomic mass is 16.4. The van der Waals surface area contributed by atoms with E-state index in [4.69, 9.17) is 10.9 Å². The first-order valence-electron chi connectivity index (χ1n) is 7.41. The van der Waals surface area contributed by atoms with E-state index in [0.717, 1.165) is 24.3 Å². The molecule has 2 heterocycles. The summed E-state index contributed by atoms with van der Waals surface area (Å²) >= 11 is 0. The predicted octanol–water partition coefficient (Wildman–Crippen LogP) is 2.34. The number of hydrogen-bond donors (Lipinski definition) is 2. The topological polar surface area (TPSA) is 74.7 Å². The smallest absolute Gasteiger partial charge is 0.172 e. The third-order valence-corrected chi connectivity index (χ3v) is 5.01. The van der Waals surface area contributed by atoms with Gasteiger partial charge in [-0.25, -0.2) is 0 Å². The van der Waals surface area contributed by atoms with Gasteiger partial charge in [-0.15, -0.1) is 0 Å². The van der Waals surface area contributed by atoms with Gasteiger partial charge in [0.25, 0.3) is 0 Å². The average molecular weight is 274 g/mol. The summed E-state index contributed by atoms with van der Waals surface area (Å²) in [5.41, 5.74) is 8.11. The van der Waals surface area contributed by atoms with Crippen LogP contribution in [0.15, 0.2) is 23.6 Å².